The van der Waals surface area contributed by atoms with Crippen LogP contribution in [0.5, 0.6) is 0 Å². The highest BCUT2D eigenvalue weighted by molar-refractivity contribution is 5.93. The van der Waals surface area contributed by atoms with E-state index in [1.807, 2.05) is 0 Å². The van der Waals surface area contributed by atoms with Crippen molar-refractivity contribution in [1.29, 1.82) is 0 Å². The van der Waals surface area contributed by atoms with Crippen molar-refractivity contribution in [3.05, 3.63) is 41.5 Å². The minimum absolute atomic E-state index is 0.163. The molecule has 3 nitrogen and oxygen atoms in total. The molecule has 0 atom stereocenters. The van der Waals surface area contributed by atoms with E-state index in [9.17, 15) is 9.18 Å². The van der Waals surface area contributed by atoms with Crippen LogP contribution in [0.25, 0.3) is 11.5 Å². The van der Waals surface area contributed by atoms with Crippen LogP contribution < -0.4 is 0 Å². The van der Waals surface area contributed by atoms with E-state index in [1.165, 1.54) is 19.1 Å². The Balaban J connectivity index is 2.49. The van der Waals surface area contributed by atoms with Crippen LogP contribution >= 0.6 is 0 Å². The number of carbonyl (C=O) groups is 1. The number of rotatable bonds is 2. The maximum atomic E-state index is 13.0. The molecule has 0 fully saturated rings. The van der Waals surface area contributed by atoms with E-state index in [1.54, 1.807) is 19.1 Å². The lowest BCUT2D eigenvalue weighted by molar-refractivity contribution is 0.101. The van der Waals surface area contributed by atoms with Gasteiger partial charge in [-0.05, 0) is 25.1 Å². The number of aryl methyl sites for hydroxylation is 1. The fourth-order valence-electron chi connectivity index (χ4n) is 1.47. The van der Waals surface area contributed by atoms with Crippen molar-refractivity contribution >= 4 is 5.78 Å². The van der Waals surface area contributed by atoms with Gasteiger partial charge in [0.1, 0.15) is 17.3 Å². The highest BCUT2D eigenvalue weighted by atomic mass is 19.1. The minimum Gasteiger partial charge on any atom is -0.441 e. The number of halogens is 1. The van der Waals surface area contributed by atoms with Crippen molar-refractivity contribution in [1.82, 2.24) is 4.98 Å². The molecule has 0 saturated carbocycles. The number of carbonyl (C=O) groups excluding carboxylic acids is 1. The molecule has 0 aliphatic heterocycles. The van der Waals surface area contributed by atoms with Crippen molar-refractivity contribution < 1.29 is 13.6 Å². The van der Waals surface area contributed by atoms with Gasteiger partial charge in [-0.25, -0.2) is 9.37 Å². The Labute approximate surface area is 91.9 Å². The summed E-state index contributed by atoms with van der Waals surface area (Å²) in [7, 11) is 0. The Morgan fingerprint density at radius 2 is 2.19 bits per heavy atom. The van der Waals surface area contributed by atoms with Crippen LogP contribution in [0.4, 0.5) is 4.39 Å². The quantitative estimate of drug-likeness (QED) is 0.729. The Hall–Kier alpha value is -1.97. The van der Waals surface area contributed by atoms with E-state index in [4.69, 9.17) is 4.42 Å². The molecular weight excluding hydrogens is 209 g/mol. The molecule has 2 rings (SSSR count). The van der Waals surface area contributed by atoms with Gasteiger partial charge >= 0.3 is 0 Å². The third kappa shape index (κ3) is 1.86. The standard InChI is InChI=1S/C12H10FNO2/c1-7(15)11-8(2)16-12(14-11)9-4-3-5-10(13)6-9/h3-6H,1-2H3. The summed E-state index contributed by atoms with van der Waals surface area (Å²) in [5.41, 5.74) is 0.815. The molecule has 0 N–H and O–H groups in total. The zero-order valence-corrected chi connectivity index (χ0v) is 8.95. The molecule has 1 aromatic heterocycles. The van der Waals surface area contributed by atoms with E-state index in [0.717, 1.165) is 0 Å². The smallest absolute Gasteiger partial charge is 0.227 e. The molecule has 0 bridgehead atoms. The lowest BCUT2D eigenvalue weighted by Gasteiger charge is -1.94. The van der Waals surface area contributed by atoms with Crippen molar-refractivity contribution in [2.75, 3.05) is 0 Å². The molecule has 1 heterocycles. The third-order valence-electron chi connectivity index (χ3n) is 2.20. The van der Waals surface area contributed by atoms with Crippen LogP contribution in [0, 0.1) is 12.7 Å². The first-order chi connectivity index (χ1) is 7.58. The van der Waals surface area contributed by atoms with Gasteiger partial charge in [0.2, 0.25) is 5.89 Å². The number of oxazole rings is 1. The number of hydrogen-bond donors (Lipinski definition) is 0. The molecular formula is C12H10FNO2. The normalized spacial score (nSPS) is 10.4. The Morgan fingerprint density at radius 1 is 1.44 bits per heavy atom. The van der Waals surface area contributed by atoms with Gasteiger partial charge in [-0.1, -0.05) is 6.07 Å². The molecule has 0 unspecified atom stereocenters. The zero-order valence-electron chi connectivity index (χ0n) is 8.95. The lowest BCUT2D eigenvalue weighted by atomic mass is 10.2. The second-order valence-electron chi connectivity index (χ2n) is 3.49. The number of hydrogen-bond acceptors (Lipinski definition) is 3. The van der Waals surface area contributed by atoms with E-state index >= 15 is 0 Å². The van der Waals surface area contributed by atoms with Gasteiger partial charge in [-0.15, -0.1) is 0 Å². The average Bonchev–Trinajstić information content (AvgIpc) is 2.60. The monoisotopic (exact) mass is 219 g/mol. The molecule has 0 spiro atoms. The van der Waals surface area contributed by atoms with Crippen LogP contribution in [-0.4, -0.2) is 10.8 Å². The number of nitrogens with zero attached hydrogens (tertiary/aromatic N) is 1. The average molecular weight is 219 g/mol. The van der Waals surface area contributed by atoms with Gasteiger partial charge in [0.05, 0.1) is 0 Å². The number of Topliss-reactive ketones (excluding diaryl/α,β-unsaturated/α-hetero) is 1. The maximum Gasteiger partial charge on any atom is 0.227 e. The van der Waals surface area contributed by atoms with E-state index in [0.29, 0.717) is 17.0 Å². The summed E-state index contributed by atoms with van der Waals surface area (Å²) in [6.07, 6.45) is 0. The van der Waals surface area contributed by atoms with Crippen molar-refractivity contribution in [3.8, 4) is 11.5 Å². The summed E-state index contributed by atoms with van der Waals surface area (Å²) in [6.45, 7) is 3.08. The van der Waals surface area contributed by atoms with Gasteiger partial charge in [0.25, 0.3) is 0 Å². The van der Waals surface area contributed by atoms with Gasteiger partial charge in [-0.2, -0.15) is 0 Å². The Kier molecular flexibility index (Phi) is 2.56. The zero-order chi connectivity index (χ0) is 11.7. The van der Waals surface area contributed by atoms with Crippen LogP contribution in [0.2, 0.25) is 0 Å². The number of ketones is 1. The van der Waals surface area contributed by atoms with Crippen LogP contribution in [-0.2, 0) is 0 Å². The Bertz CT molecular complexity index is 546. The van der Waals surface area contributed by atoms with E-state index in [2.05, 4.69) is 4.98 Å². The van der Waals surface area contributed by atoms with Crippen LogP contribution in [0.15, 0.2) is 28.7 Å². The fourth-order valence-corrected chi connectivity index (χ4v) is 1.47. The highest BCUT2D eigenvalue weighted by Crippen LogP contribution is 2.22. The summed E-state index contributed by atoms with van der Waals surface area (Å²) in [5.74, 6) is 0.190. The second kappa shape index (κ2) is 3.89. The first-order valence-corrected chi connectivity index (χ1v) is 4.82. The molecule has 0 aliphatic carbocycles. The van der Waals surface area contributed by atoms with Gasteiger partial charge < -0.3 is 4.42 Å². The SMILES string of the molecule is CC(=O)c1nc(-c2cccc(F)c2)oc1C. The molecule has 0 aliphatic rings. The highest BCUT2D eigenvalue weighted by Gasteiger charge is 2.14. The predicted octanol–water partition coefficient (Wildman–Crippen LogP) is 2.99. The van der Waals surface area contributed by atoms with E-state index in [-0.39, 0.29) is 17.5 Å². The molecule has 0 amide bonds. The topological polar surface area (TPSA) is 43.1 Å². The molecule has 0 radical (unpaired) electrons. The molecule has 4 heteroatoms. The summed E-state index contributed by atoms with van der Waals surface area (Å²) in [6, 6.07) is 5.90. The van der Waals surface area contributed by atoms with Gasteiger partial charge in [0, 0.05) is 12.5 Å². The van der Waals surface area contributed by atoms with Crippen LogP contribution in [0.3, 0.4) is 0 Å². The first-order valence-electron chi connectivity index (χ1n) is 4.82. The molecule has 1 aromatic carbocycles. The summed E-state index contributed by atoms with van der Waals surface area (Å²) < 4.78 is 18.3. The lowest BCUT2D eigenvalue weighted by Crippen LogP contribution is -1.94. The van der Waals surface area contributed by atoms with Crippen molar-refractivity contribution in [2.45, 2.75) is 13.8 Å². The Morgan fingerprint density at radius 3 is 2.75 bits per heavy atom. The molecule has 82 valence electrons. The minimum atomic E-state index is -0.363. The van der Waals surface area contributed by atoms with Crippen LogP contribution in [0.1, 0.15) is 23.2 Å². The third-order valence-corrected chi connectivity index (χ3v) is 2.20. The summed E-state index contributed by atoms with van der Waals surface area (Å²) in [5, 5.41) is 0. The second-order valence-corrected chi connectivity index (χ2v) is 3.49. The predicted molar refractivity (Wildman–Crippen MR) is 56.6 cm³/mol. The molecule has 0 saturated heterocycles. The van der Waals surface area contributed by atoms with E-state index < -0.39 is 0 Å². The van der Waals surface area contributed by atoms with Gasteiger partial charge in [-0.3, -0.25) is 4.79 Å². The van der Waals surface area contributed by atoms with Crippen molar-refractivity contribution in [2.24, 2.45) is 0 Å². The number of aromatic nitrogens is 1. The first kappa shape index (κ1) is 10.5. The maximum absolute atomic E-state index is 13.0. The largest absolute Gasteiger partial charge is 0.441 e. The number of benzene rings is 1. The summed E-state index contributed by atoms with van der Waals surface area (Å²) in [4.78, 5) is 15.2. The fraction of sp³-hybridized carbons (Fsp3) is 0.167. The van der Waals surface area contributed by atoms with Crippen molar-refractivity contribution in [3.63, 3.8) is 0 Å². The molecule has 16 heavy (non-hydrogen) atoms. The van der Waals surface area contributed by atoms with Gasteiger partial charge in [0.15, 0.2) is 5.78 Å². The summed E-state index contributed by atoms with van der Waals surface area (Å²) >= 11 is 0. The molecule has 2 aromatic rings.